The van der Waals surface area contributed by atoms with E-state index in [1.807, 2.05) is 41.3 Å². The van der Waals surface area contributed by atoms with Crippen LogP contribution in [0, 0.1) is 11.8 Å². The maximum absolute atomic E-state index is 14.2. The van der Waals surface area contributed by atoms with E-state index in [1.54, 1.807) is 22.8 Å². The van der Waals surface area contributed by atoms with E-state index in [0.717, 1.165) is 34.0 Å². The third-order valence-corrected chi connectivity index (χ3v) is 9.31. The highest BCUT2D eigenvalue weighted by molar-refractivity contribution is 9.10. The normalized spacial score (nSPS) is 21.9. The van der Waals surface area contributed by atoms with Crippen LogP contribution in [0.4, 0.5) is 0 Å². The number of halogens is 1. The van der Waals surface area contributed by atoms with Crippen molar-refractivity contribution in [3.8, 4) is 5.75 Å². The number of carboxylic acids is 1. The number of aliphatic carboxylic acids is 1. The molecule has 1 saturated carbocycles. The maximum atomic E-state index is 14.2. The Labute approximate surface area is 246 Å². The Morgan fingerprint density at radius 2 is 1.90 bits per heavy atom. The molecule has 1 fully saturated rings. The molecule has 3 atom stereocenters. The first-order chi connectivity index (χ1) is 19.8. The molecule has 0 radical (unpaired) electrons. The van der Waals surface area contributed by atoms with Crippen LogP contribution < -0.4 is 4.74 Å². The van der Waals surface area contributed by atoms with Gasteiger partial charge < -0.3 is 19.6 Å². The summed E-state index contributed by atoms with van der Waals surface area (Å²) in [5.74, 6) is -1.83. The van der Waals surface area contributed by atoms with Crippen molar-refractivity contribution in [1.29, 1.82) is 0 Å². The lowest BCUT2D eigenvalue weighted by Crippen LogP contribution is -2.50. The summed E-state index contributed by atoms with van der Waals surface area (Å²) in [7, 11) is 1.79. The second kappa shape index (κ2) is 11.3. The van der Waals surface area contributed by atoms with Gasteiger partial charge in [-0.15, -0.1) is 5.10 Å². The predicted octanol–water partition coefficient (Wildman–Crippen LogP) is 4.13. The SMILES string of the molecule is Cn1cc(COc2ccc(Br)c3c2[C@@H](CN2Cc4ccccc4C2=O)N(C(=O)C2CCCC[C@H]2C(=O)O)CC3)nn1. The van der Waals surface area contributed by atoms with Gasteiger partial charge in [0.1, 0.15) is 18.1 Å². The quantitative estimate of drug-likeness (QED) is 0.421. The van der Waals surface area contributed by atoms with Crippen LogP contribution in [0.3, 0.4) is 0 Å². The zero-order chi connectivity index (χ0) is 28.7. The van der Waals surface area contributed by atoms with Crippen LogP contribution in [0.15, 0.2) is 47.1 Å². The number of carbonyl (C=O) groups is 3. The van der Waals surface area contributed by atoms with Crippen LogP contribution >= 0.6 is 15.9 Å². The zero-order valence-corrected chi connectivity index (χ0v) is 24.4. The molecule has 2 amide bonds. The van der Waals surface area contributed by atoms with Crippen LogP contribution in [-0.2, 0) is 36.2 Å². The van der Waals surface area contributed by atoms with Gasteiger partial charge in [-0.25, -0.2) is 0 Å². The Hall–Kier alpha value is -3.73. The summed E-state index contributed by atoms with van der Waals surface area (Å²) in [5, 5.41) is 18.1. The molecule has 11 heteroatoms. The Morgan fingerprint density at radius 1 is 1.12 bits per heavy atom. The smallest absolute Gasteiger partial charge is 0.307 e. The van der Waals surface area contributed by atoms with Gasteiger partial charge in [-0.1, -0.05) is 52.2 Å². The number of hydrogen-bond donors (Lipinski definition) is 1. The number of carbonyl (C=O) groups excluding carboxylic acids is 2. The van der Waals surface area contributed by atoms with Crippen molar-refractivity contribution in [3.05, 3.63) is 75.0 Å². The molecule has 10 nitrogen and oxygen atoms in total. The van der Waals surface area contributed by atoms with Crippen molar-refractivity contribution in [2.45, 2.75) is 51.3 Å². The second-order valence-corrected chi connectivity index (χ2v) is 11.9. The number of hydrogen-bond acceptors (Lipinski definition) is 6. The summed E-state index contributed by atoms with van der Waals surface area (Å²) in [4.78, 5) is 43.4. The summed E-state index contributed by atoms with van der Waals surface area (Å²) in [5.41, 5.74) is 4.17. The van der Waals surface area contributed by atoms with Gasteiger partial charge in [-0.05, 0) is 48.6 Å². The molecule has 0 bridgehead atoms. The number of aromatic nitrogens is 3. The van der Waals surface area contributed by atoms with Gasteiger partial charge >= 0.3 is 5.97 Å². The minimum Gasteiger partial charge on any atom is -0.487 e. The van der Waals surface area contributed by atoms with Crippen molar-refractivity contribution in [2.24, 2.45) is 18.9 Å². The summed E-state index contributed by atoms with van der Waals surface area (Å²) in [6, 6.07) is 10.9. The monoisotopic (exact) mass is 621 g/mol. The average molecular weight is 623 g/mol. The molecule has 3 aliphatic rings. The fraction of sp³-hybridized carbons (Fsp3) is 0.433. The maximum Gasteiger partial charge on any atom is 0.307 e. The van der Waals surface area contributed by atoms with Gasteiger partial charge in [-0.3, -0.25) is 19.1 Å². The van der Waals surface area contributed by atoms with Gasteiger partial charge in [0.15, 0.2) is 0 Å². The number of aryl methyl sites for hydroxylation is 1. The number of carboxylic acid groups (broad SMARTS) is 1. The molecule has 3 heterocycles. The Morgan fingerprint density at radius 3 is 2.63 bits per heavy atom. The van der Waals surface area contributed by atoms with E-state index >= 15 is 0 Å². The highest BCUT2D eigenvalue weighted by Crippen LogP contribution is 2.43. The third kappa shape index (κ3) is 5.23. The number of nitrogens with zero attached hydrogens (tertiary/aromatic N) is 5. The Balaban J connectivity index is 1.38. The van der Waals surface area contributed by atoms with Gasteiger partial charge in [0.05, 0.1) is 24.1 Å². The lowest BCUT2D eigenvalue weighted by Gasteiger charge is -2.43. The fourth-order valence-corrected chi connectivity index (χ4v) is 7.12. The lowest BCUT2D eigenvalue weighted by molar-refractivity contribution is -0.153. The van der Waals surface area contributed by atoms with E-state index in [-0.39, 0.29) is 25.0 Å². The lowest BCUT2D eigenvalue weighted by atomic mass is 9.77. The molecule has 1 unspecified atom stereocenters. The van der Waals surface area contributed by atoms with Crippen LogP contribution in [-0.4, -0.2) is 60.8 Å². The molecular formula is C30H32BrN5O5. The number of amides is 2. The topological polar surface area (TPSA) is 118 Å². The minimum absolute atomic E-state index is 0.0711. The van der Waals surface area contributed by atoms with Crippen LogP contribution in [0.1, 0.15) is 64.5 Å². The van der Waals surface area contributed by atoms with E-state index in [1.165, 1.54) is 0 Å². The average Bonchev–Trinajstić information content (AvgIpc) is 3.54. The number of benzene rings is 2. The number of ether oxygens (including phenoxy) is 1. The summed E-state index contributed by atoms with van der Waals surface area (Å²) < 4.78 is 8.82. The summed E-state index contributed by atoms with van der Waals surface area (Å²) in [6.07, 6.45) is 5.05. The molecule has 41 heavy (non-hydrogen) atoms. The largest absolute Gasteiger partial charge is 0.487 e. The van der Waals surface area contributed by atoms with Gasteiger partial charge in [-0.2, -0.15) is 0 Å². The highest BCUT2D eigenvalue weighted by Gasteiger charge is 2.44. The standard InChI is InChI=1S/C30H32BrN5O5/c1-34-15-19(32-33-34)17-41-26-11-10-24(31)23-12-13-36(29(38)21-8-4-5-9-22(21)30(39)40)25(27(23)26)16-35-14-18-6-2-3-7-20(18)28(35)37/h2-3,6-7,10-11,15,21-22,25H,4-5,8-9,12-14,16-17H2,1H3,(H,39,40)/t21?,22-,25-/m1/s1. The Bertz CT molecular complexity index is 1510. The molecule has 2 aromatic carbocycles. The minimum atomic E-state index is -0.919. The zero-order valence-electron chi connectivity index (χ0n) is 22.8. The first kappa shape index (κ1) is 27.4. The molecule has 2 aliphatic heterocycles. The second-order valence-electron chi connectivity index (χ2n) is 11.1. The number of rotatable bonds is 7. The van der Waals surface area contributed by atoms with Gasteiger partial charge in [0.25, 0.3) is 5.91 Å². The van der Waals surface area contributed by atoms with Gasteiger partial charge in [0.2, 0.25) is 5.91 Å². The molecule has 6 rings (SSSR count). The van der Waals surface area contributed by atoms with Crippen molar-refractivity contribution >= 4 is 33.7 Å². The molecular weight excluding hydrogens is 590 g/mol. The molecule has 0 spiro atoms. The van der Waals surface area contributed by atoms with E-state index in [9.17, 15) is 19.5 Å². The summed E-state index contributed by atoms with van der Waals surface area (Å²) >= 11 is 3.71. The molecule has 0 saturated heterocycles. The van der Waals surface area contributed by atoms with E-state index < -0.39 is 23.8 Å². The van der Waals surface area contributed by atoms with Crippen LogP contribution in [0.2, 0.25) is 0 Å². The predicted molar refractivity (Wildman–Crippen MR) is 152 cm³/mol. The van der Waals surface area contributed by atoms with Gasteiger partial charge in [0, 0.05) is 42.3 Å². The van der Waals surface area contributed by atoms with Crippen molar-refractivity contribution < 1.29 is 24.2 Å². The molecule has 1 N–H and O–H groups in total. The van der Waals surface area contributed by atoms with Crippen LogP contribution in [0.5, 0.6) is 5.75 Å². The van der Waals surface area contributed by atoms with Crippen molar-refractivity contribution in [2.75, 3.05) is 13.1 Å². The Kier molecular flexibility index (Phi) is 7.54. The molecule has 1 aromatic heterocycles. The molecule has 1 aliphatic carbocycles. The van der Waals surface area contributed by atoms with E-state index in [0.29, 0.717) is 49.4 Å². The van der Waals surface area contributed by atoms with E-state index in [4.69, 9.17) is 4.74 Å². The fourth-order valence-electron chi connectivity index (χ4n) is 6.58. The molecule has 3 aromatic rings. The first-order valence-corrected chi connectivity index (χ1v) is 14.8. The molecule has 214 valence electrons. The van der Waals surface area contributed by atoms with Crippen LogP contribution in [0.25, 0.3) is 0 Å². The number of fused-ring (bicyclic) bond motifs is 2. The summed E-state index contributed by atoms with van der Waals surface area (Å²) in [6.45, 7) is 1.35. The van der Waals surface area contributed by atoms with Crippen molar-refractivity contribution in [3.63, 3.8) is 0 Å². The van der Waals surface area contributed by atoms with Crippen molar-refractivity contribution in [1.82, 2.24) is 24.8 Å². The highest BCUT2D eigenvalue weighted by atomic mass is 79.9. The third-order valence-electron chi connectivity index (χ3n) is 8.57. The first-order valence-electron chi connectivity index (χ1n) is 14.0. The van der Waals surface area contributed by atoms with E-state index in [2.05, 4.69) is 26.2 Å².